The molecule has 5 heteroatoms. The highest BCUT2D eigenvalue weighted by Gasteiger charge is 2.05. The first-order valence-corrected chi connectivity index (χ1v) is 2.91. The number of nitrogens with one attached hydrogen (secondary N) is 1. The maximum atomic E-state index is 10.3. The fraction of sp³-hybridized carbons (Fsp3) is 0. The molecule has 58 valence electrons. The van der Waals surface area contributed by atoms with Gasteiger partial charge in [-0.05, 0) is 18.3 Å². The molecule has 0 radical (unpaired) electrons. The third-order valence-electron chi connectivity index (χ3n) is 1.09. The first-order valence-electron chi connectivity index (χ1n) is 2.91. The molecule has 1 aromatic heterocycles. The van der Waals surface area contributed by atoms with E-state index in [1.165, 1.54) is 18.3 Å². The third kappa shape index (κ3) is 1.57. The molecule has 0 aliphatic rings. The van der Waals surface area contributed by atoms with Crippen LogP contribution in [0.1, 0.15) is 16.2 Å². The number of rotatable bonds is 2. The van der Waals surface area contributed by atoms with Crippen LogP contribution in [0.4, 0.5) is 0 Å². The van der Waals surface area contributed by atoms with E-state index < -0.39 is 5.97 Å². The van der Waals surface area contributed by atoms with Crippen molar-refractivity contribution in [3.63, 3.8) is 0 Å². The van der Waals surface area contributed by atoms with E-state index in [1.54, 1.807) is 0 Å². The molecule has 0 saturated heterocycles. The van der Waals surface area contributed by atoms with Crippen LogP contribution in [0.3, 0.4) is 0 Å². The van der Waals surface area contributed by atoms with E-state index in [2.05, 4.69) is 10.2 Å². The number of nitrogens with two attached hydrogens (primary N) is 1. The Bertz CT molecular complexity index is 290. The number of hydrogen-bond acceptors (Lipinski definition) is 3. The molecule has 1 aromatic rings. The summed E-state index contributed by atoms with van der Waals surface area (Å²) in [6.07, 6.45) is 2.83. The van der Waals surface area contributed by atoms with Gasteiger partial charge < -0.3 is 10.8 Å². The summed E-state index contributed by atoms with van der Waals surface area (Å²) >= 11 is 0. The first-order chi connectivity index (χ1) is 5.24. The van der Waals surface area contributed by atoms with E-state index in [1.807, 2.05) is 0 Å². The Balaban J connectivity index is 2.90. The van der Waals surface area contributed by atoms with Crippen LogP contribution in [0.2, 0.25) is 0 Å². The summed E-state index contributed by atoms with van der Waals surface area (Å²) in [4.78, 5) is 10.3. The van der Waals surface area contributed by atoms with Gasteiger partial charge in [-0.3, -0.25) is 5.10 Å². The highest BCUT2D eigenvalue weighted by atomic mass is 16.4. The summed E-state index contributed by atoms with van der Waals surface area (Å²) in [5.74, 6) is -1.06. The van der Waals surface area contributed by atoms with Crippen molar-refractivity contribution in [2.24, 2.45) is 5.73 Å². The Morgan fingerprint density at radius 2 is 2.55 bits per heavy atom. The summed E-state index contributed by atoms with van der Waals surface area (Å²) in [5.41, 5.74) is 5.63. The van der Waals surface area contributed by atoms with Crippen LogP contribution in [0.25, 0.3) is 6.08 Å². The van der Waals surface area contributed by atoms with Crippen molar-refractivity contribution >= 4 is 12.0 Å². The first kappa shape index (κ1) is 7.33. The van der Waals surface area contributed by atoms with Crippen LogP contribution in [0, 0.1) is 0 Å². The molecule has 0 fully saturated rings. The van der Waals surface area contributed by atoms with Crippen LogP contribution >= 0.6 is 0 Å². The van der Waals surface area contributed by atoms with Crippen molar-refractivity contribution in [2.75, 3.05) is 0 Å². The Labute approximate surface area is 62.5 Å². The molecular weight excluding hydrogens is 146 g/mol. The molecule has 0 atom stereocenters. The molecule has 1 heterocycles. The number of carboxylic acids is 1. The predicted molar refractivity (Wildman–Crippen MR) is 38.8 cm³/mol. The molecule has 0 saturated carbocycles. The summed E-state index contributed by atoms with van der Waals surface area (Å²) in [6.45, 7) is 0. The maximum absolute atomic E-state index is 10.3. The van der Waals surface area contributed by atoms with Crippen LogP contribution in [-0.2, 0) is 0 Å². The van der Waals surface area contributed by atoms with E-state index >= 15 is 0 Å². The van der Waals surface area contributed by atoms with Crippen LogP contribution in [0.5, 0.6) is 0 Å². The second-order valence-electron chi connectivity index (χ2n) is 1.87. The molecule has 0 unspecified atom stereocenters. The van der Waals surface area contributed by atoms with Crippen molar-refractivity contribution in [3.05, 3.63) is 23.7 Å². The second kappa shape index (κ2) is 2.87. The smallest absolute Gasteiger partial charge is 0.356 e. The van der Waals surface area contributed by atoms with Crippen LogP contribution < -0.4 is 5.73 Å². The van der Waals surface area contributed by atoms with E-state index in [-0.39, 0.29) is 5.69 Å². The SMILES string of the molecule is N/C=C/c1cc(C(=O)O)n[nH]1. The van der Waals surface area contributed by atoms with E-state index in [9.17, 15) is 4.79 Å². The van der Waals surface area contributed by atoms with E-state index in [0.29, 0.717) is 5.69 Å². The molecule has 1 rings (SSSR count). The Kier molecular flexibility index (Phi) is 1.91. The third-order valence-corrected chi connectivity index (χ3v) is 1.09. The molecule has 11 heavy (non-hydrogen) atoms. The van der Waals surface area contributed by atoms with Gasteiger partial charge in [-0.2, -0.15) is 5.10 Å². The summed E-state index contributed by atoms with van der Waals surface area (Å²) in [7, 11) is 0. The Hall–Kier alpha value is -1.78. The van der Waals surface area contributed by atoms with Crippen molar-refractivity contribution < 1.29 is 9.90 Å². The lowest BCUT2D eigenvalue weighted by Gasteiger charge is -1.78. The van der Waals surface area contributed by atoms with Gasteiger partial charge in [0.15, 0.2) is 5.69 Å². The van der Waals surface area contributed by atoms with Gasteiger partial charge in [-0.15, -0.1) is 0 Å². The molecule has 4 N–H and O–H groups in total. The van der Waals surface area contributed by atoms with Gasteiger partial charge in [0.1, 0.15) is 0 Å². The van der Waals surface area contributed by atoms with Crippen molar-refractivity contribution in [1.82, 2.24) is 10.2 Å². The molecule has 0 aliphatic heterocycles. The van der Waals surface area contributed by atoms with Gasteiger partial charge >= 0.3 is 5.97 Å². The van der Waals surface area contributed by atoms with Gasteiger partial charge in [-0.25, -0.2) is 4.79 Å². The fourth-order valence-corrected chi connectivity index (χ4v) is 0.635. The minimum absolute atomic E-state index is 0.0156. The number of aromatic amines is 1. The van der Waals surface area contributed by atoms with E-state index in [0.717, 1.165) is 0 Å². The Morgan fingerprint density at radius 1 is 1.82 bits per heavy atom. The summed E-state index contributed by atoms with van der Waals surface area (Å²) in [6, 6.07) is 1.39. The molecule has 0 aliphatic carbocycles. The van der Waals surface area contributed by atoms with Crippen molar-refractivity contribution in [3.8, 4) is 0 Å². The number of nitrogens with zero attached hydrogens (tertiary/aromatic N) is 1. The maximum Gasteiger partial charge on any atom is 0.356 e. The van der Waals surface area contributed by atoms with Gasteiger partial charge in [0, 0.05) is 0 Å². The zero-order valence-corrected chi connectivity index (χ0v) is 5.61. The molecule has 0 amide bonds. The molecule has 5 nitrogen and oxygen atoms in total. The number of carboxylic acid groups (broad SMARTS) is 1. The average Bonchev–Trinajstić information content (AvgIpc) is 2.37. The number of carbonyl (C=O) groups is 1. The average molecular weight is 153 g/mol. The van der Waals surface area contributed by atoms with Gasteiger partial charge in [0.2, 0.25) is 0 Å². The minimum atomic E-state index is -1.06. The van der Waals surface area contributed by atoms with E-state index in [4.69, 9.17) is 10.8 Å². The Morgan fingerprint density at radius 3 is 3.00 bits per heavy atom. The molecular formula is C6H7N3O2. The fourth-order valence-electron chi connectivity index (χ4n) is 0.635. The van der Waals surface area contributed by atoms with Crippen LogP contribution in [0.15, 0.2) is 12.3 Å². The molecule has 0 aromatic carbocycles. The lowest BCUT2D eigenvalue weighted by atomic mass is 10.3. The summed E-state index contributed by atoms with van der Waals surface area (Å²) in [5, 5.41) is 14.4. The number of aromatic nitrogens is 2. The molecule has 0 bridgehead atoms. The normalized spacial score (nSPS) is 10.5. The monoisotopic (exact) mass is 153 g/mol. The minimum Gasteiger partial charge on any atom is -0.476 e. The lowest BCUT2D eigenvalue weighted by molar-refractivity contribution is 0.0690. The quantitative estimate of drug-likeness (QED) is 0.559. The topological polar surface area (TPSA) is 92.0 Å². The van der Waals surface area contributed by atoms with Gasteiger partial charge in [-0.1, -0.05) is 0 Å². The largest absolute Gasteiger partial charge is 0.476 e. The lowest BCUT2D eigenvalue weighted by Crippen LogP contribution is -1.95. The van der Waals surface area contributed by atoms with Crippen LogP contribution in [-0.4, -0.2) is 21.3 Å². The highest BCUT2D eigenvalue weighted by Crippen LogP contribution is 2.00. The zero-order valence-electron chi connectivity index (χ0n) is 5.61. The number of aromatic carboxylic acids is 1. The van der Waals surface area contributed by atoms with Crippen molar-refractivity contribution in [1.29, 1.82) is 0 Å². The predicted octanol–water partition coefficient (Wildman–Crippen LogP) is 0.0373. The summed E-state index contributed by atoms with van der Waals surface area (Å²) < 4.78 is 0. The molecule has 0 spiro atoms. The second-order valence-corrected chi connectivity index (χ2v) is 1.87. The van der Waals surface area contributed by atoms with Gasteiger partial charge in [0.05, 0.1) is 5.69 Å². The number of hydrogen-bond donors (Lipinski definition) is 3. The zero-order chi connectivity index (χ0) is 8.27. The van der Waals surface area contributed by atoms with Crippen molar-refractivity contribution in [2.45, 2.75) is 0 Å². The number of H-pyrrole nitrogens is 1. The standard InChI is InChI=1S/C6H7N3O2/c7-2-1-4-3-5(6(10)11)9-8-4/h1-3H,7H2,(H,8,9)(H,10,11)/b2-1+. The highest BCUT2D eigenvalue weighted by molar-refractivity contribution is 5.85. The van der Waals surface area contributed by atoms with Gasteiger partial charge in [0.25, 0.3) is 0 Å².